The molecule has 19 heavy (non-hydrogen) atoms. The van der Waals surface area contributed by atoms with Gasteiger partial charge in [0.25, 0.3) is 0 Å². The Morgan fingerprint density at radius 1 is 1.00 bits per heavy atom. The highest BCUT2D eigenvalue weighted by Gasteiger charge is 1.94. The second kappa shape index (κ2) is 7.05. The van der Waals surface area contributed by atoms with Gasteiger partial charge >= 0.3 is 0 Å². The van der Waals surface area contributed by atoms with Gasteiger partial charge in [-0.15, -0.1) is 0 Å². The van der Waals surface area contributed by atoms with Crippen molar-refractivity contribution in [3.8, 4) is 5.75 Å². The van der Waals surface area contributed by atoms with Crippen molar-refractivity contribution in [3.05, 3.63) is 59.1 Å². The molecule has 100 valence electrons. The first-order valence-electron chi connectivity index (χ1n) is 6.43. The van der Waals surface area contributed by atoms with Crippen LogP contribution in [-0.2, 0) is 0 Å². The zero-order valence-corrected chi connectivity index (χ0v) is 11.8. The molecule has 0 heterocycles. The average molecular weight is 276 g/mol. The molecule has 1 N–H and O–H groups in total. The Morgan fingerprint density at radius 3 is 2.37 bits per heavy atom. The topological polar surface area (TPSA) is 21.3 Å². The number of aryl methyl sites for hydroxylation is 1. The summed E-state index contributed by atoms with van der Waals surface area (Å²) in [6, 6.07) is 15.8. The monoisotopic (exact) mass is 275 g/mol. The Bertz CT molecular complexity index is 446. The van der Waals surface area contributed by atoms with E-state index in [1.807, 2.05) is 36.4 Å². The summed E-state index contributed by atoms with van der Waals surface area (Å²) in [5, 5.41) is 4.09. The highest BCUT2D eigenvalue weighted by Crippen LogP contribution is 2.14. The van der Waals surface area contributed by atoms with E-state index in [-0.39, 0.29) is 0 Å². The van der Waals surface area contributed by atoms with Crippen molar-refractivity contribution in [3.63, 3.8) is 0 Å². The predicted molar refractivity (Wildman–Crippen MR) is 81.2 cm³/mol. The molecule has 0 amide bonds. The highest BCUT2D eigenvalue weighted by atomic mass is 35.5. The molecule has 0 aliphatic carbocycles. The Kier molecular flexibility index (Phi) is 5.10. The molecule has 0 fully saturated rings. The van der Waals surface area contributed by atoms with Crippen LogP contribution in [0.2, 0.25) is 5.02 Å². The summed E-state index contributed by atoms with van der Waals surface area (Å²) >= 11 is 5.83. The molecule has 2 aromatic rings. The van der Waals surface area contributed by atoms with Crippen LogP contribution in [0.25, 0.3) is 0 Å². The number of halogens is 1. The molecule has 0 aromatic heterocycles. The van der Waals surface area contributed by atoms with Crippen molar-refractivity contribution in [1.29, 1.82) is 0 Å². The van der Waals surface area contributed by atoms with Crippen molar-refractivity contribution < 1.29 is 4.74 Å². The first-order valence-corrected chi connectivity index (χ1v) is 6.81. The number of nitrogens with one attached hydrogen (secondary N) is 1. The van der Waals surface area contributed by atoms with E-state index in [0.29, 0.717) is 6.61 Å². The lowest BCUT2D eigenvalue weighted by molar-refractivity contribution is 0.315. The van der Waals surface area contributed by atoms with Crippen LogP contribution >= 0.6 is 11.6 Å². The summed E-state index contributed by atoms with van der Waals surface area (Å²) in [4.78, 5) is 0. The van der Waals surface area contributed by atoms with Gasteiger partial charge in [0.2, 0.25) is 0 Å². The van der Waals surface area contributed by atoms with Gasteiger partial charge in [0.15, 0.2) is 0 Å². The molecular formula is C16H18ClNO. The van der Waals surface area contributed by atoms with Crippen molar-refractivity contribution in [2.75, 3.05) is 18.5 Å². The SMILES string of the molecule is Cc1ccc(OCCCNc2ccc(Cl)cc2)cc1. The van der Waals surface area contributed by atoms with Crippen LogP contribution in [0.5, 0.6) is 5.75 Å². The summed E-state index contributed by atoms with van der Waals surface area (Å²) in [6.45, 7) is 3.66. The maximum absolute atomic E-state index is 5.83. The Labute approximate surface area is 119 Å². The summed E-state index contributed by atoms with van der Waals surface area (Å²) in [7, 11) is 0. The molecule has 3 heteroatoms. The van der Waals surface area contributed by atoms with Crippen LogP contribution < -0.4 is 10.1 Å². The maximum Gasteiger partial charge on any atom is 0.119 e. The molecule has 0 spiro atoms. The lowest BCUT2D eigenvalue weighted by Gasteiger charge is -2.08. The van der Waals surface area contributed by atoms with Crippen molar-refractivity contribution in [2.24, 2.45) is 0 Å². The fraction of sp³-hybridized carbons (Fsp3) is 0.250. The normalized spacial score (nSPS) is 10.2. The Balaban J connectivity index is 1.64. The summed E-state index contributed by atoms with van der Waals surface area (Å²) in [6.07, 6.45) is 0.955. The molecule has 2 nitrogen and oxygen atoms in total. The summed E-state index contributed by atoms with van der Waals surface area (Å²) in [5.41, 5.74) is 2.33. The zero-order chi connectivity index (χ0) is 13.5. The van der Waals surface area contributed by atoms with Gasteiger partial charge in [0.05, 0.1) is 6.61 Å². The van der Waals surface area contributed by atoms with E-state index < -0.39 is 0 Å². The predicted octanol–water partition coefficient (Wildman–Crippen LogP) is 4.53. The molecule has 0 saturated heterocycles. The van der Waals surface area contributed by atoms with Gasteiger partial charge in [0, 0.05) is 17.3 Å². The van der Waals surface area contributed by atoms with Crippen LogP contribution in [0, 0.1) is 6.92 Å². The number of benzene rings is 2. The van der Waals surface area contributed by atoms with Gasteiger partial charge in [0.1, 0.15) is 5.75 Å². The smallest absolute Gasteiger partial charge is 0.119 e. The van der Waals surface area contributed by atoms with Gasteiger partial charge in [-0.3, -0.25) is 0 Å². The Hall–Kier alpha value is -1.67. The highest BCUT2D eigenvalue weighted by molar-refractivity contribution is 6.30. The molecule has 0 unspecified atom stereocenters. The molecule has 0 bridgehead atoms. The van der Waals surface area contributed by atoms with Crippen molar-refractivity contribution in [1.82, 2.24) is 0 Å². The average Bonchev–Trinajstić information content (AvgIpc) is 2.43. The third kappa shape index (κ3) is 4.84. The molecule has 0 atom stereocenters. The minimum Gasteiger partial charge on any atom is -0.494 e. The van der Waals surface area contributed by atoms with E-state index in [4.69, 9.17) is 16.3 Å². The van der Waals surface area contributed by atoms with Crippen LogP contribution in [0.3, 0.4) is 0 Å². The molecule has 2 rings (SSSR count). The fourth-order valence-electron chi connectivity index (χ4n) is 1.70. The largest absolute Gasteiger partial charge is 0.494 e. The van der Waals surface area contributed by atoms with Gasteiger partial charge in [-0.1, -0.05) is 29.3 Å². The molecule has 0 aliphatic rings. The number of hydrogen-bond acceptors (Lipinski definition) is 2. The number of anilines is 1. The Morgan fingerprint density at radius 2 is 1.68 bits per heavy atom. The summed E-state index contributed by atoms with van der Waals surface area (Å²) < 4.78 is 5.66. The minimum atomic E-state index is 0.712. The second-order valence-electron chi connectivity index (χ2n) is 4.45. The van der Waals surface area contributed by atoms with E-state index >= 15 is 0 Å². The molecule has 0 saturated carbocycles. The van der Waals surface area contributed by atoms with Crippen LogP contribution in [0.1, 0.15) is 12.0 Å². The van der Waals surface area contributed by atoms with Gasteiger partial charge in [-0.2, -0.15) is 0 Å². The van der Waals surface area contributed by atoms with Crippen molar-refractivity contribution in [2.45, 2.75) is 13.3 Å². The molecule has 2 aromatic carbocycles. The van der Waals surface area contributed by atoms with Crippen LogP contribution in [0.4, 0.5) is 5.69 Å². The van der Waals surface area contributed by atoms with E-state index in [0.717, 1.165) is 29.4 Å². The molecular weight excluding hydrogens is 258 g/mol. The van der Waals surface area contributed by atoms with Crippen LogP contribution in [-0.4, -0.2) is 13.2 Å². The quantitative estimate of drug-likeness (QED) is 0.782. The van der Waals surface area contributed by atoms with Crippen LogP contribution in [0.15, 0.2) is 48.5 Å². The zero-order valence-electron chi connectivity index (χ0n) is 11.0. The first-order chi connectivity index (χ1) is 9.24. The lowest BCUT2D eigenvalue weighted by Crippen LogP contribution is -2.07. The number of hydrogen-bond donors (Lipinski definition) is 1. The standard InChI is InChI=1S/C16H18ClNO/c1-13-3-9-16(10-4-13)19-12-2-11-18-15-7-5-14(17)6-8-15/h3-10,18H,2,11-12H2,1H3. The fourth-order valence-corrected chi connectivity index (χ4v) is 1.82. The second-order valence-corrected chi connectivity index (χ2v) is 4.89. The van der Waals surface area contributed by atoms with E-state index in [2.05, 4.69) is 24.4 Å². The lowest BCUT2D eigenvalue weighted by atomic mass is 10.2. The third-order valence-corrected chi connectivity index (χ3v) is 3.04. The van der Waals surface area contributed by atoms with Gasteiger partial charge < -0.3 is 10.1 Å². The van der Waals surface area contributed by atoms with E-state index in [1.165, 1.54) is 5.56 Å². The van der Waals surface area contributed by atoms with E-state index in [1.54, 1.807) is 0 Å². The number of rotatable bonds is 6. The number of ether oxygens (including phenoxy) is 1. The van der Waals surface area contributed by atoms with Crippen molar-refractivity contribution >= 4 is 17.3 Å². The molecule has 0 radical (unpaired) electrons. The minimum absolute atomic E-state index is 0.712. The van der Waals surface area contributed by atoms with E-state index in [9.17, 15) is 0 Å². The van der Waals surface area contributed by atoms with Gasteiger partial charge in [-0.25, -0.2) is 0 Å². The summed E-state index contributed by atoms with van der Waals surface area (Å²) in [5.74, 6) is 0.928. The third-order valence-electron chi connectivity index (χ3n) is 2.78. The molecule has 0 aliphatic heterocycles. The van der Waals surface area contributed by atoms with Gasteiger partial charge in [-0.05, 0) is 49.7 Å². The maximum atomic E-state index is 5.83. The first kappa shape index (κ1) is 13.8.